The van der Waals surface area contributed by atoms with Crippen molar-refractivity contribution in [3.63, 3.8) is 0 Å². The van der Waals surface area contributed by atoms with Crippen LogP contribution in [0, 0.1) is 5.82 Å². The van der Waals surface area contributed by atoms with Gasteiger partial charge in [0.1, 0.15) is 5.82 Å². The second-order valence-corrected chi connectivity index (χ2v) is 14.2. The molecule has 0 aliphatic carbocycles. The van der Waals surface area contributed by atoms with Gasteiger partial charge in [-0.25, -0.2) is 19.3 Å². The van der Waals surface area contributed by atoms with Gasteiger partial charge in [-0.05, 0) is 71.8 Å². The molecule has 3 heterocycles. The molecular weight excluding hydrogens is 702 g/mol. The quantitative estimate of drug-likeness (QED) is 0.171. The average Bonchev–Trinajstić information content (AvgIpc) is 3.79. The topological polar surface area (TPSA) is 48.5 Å². The molecule has 11 rings (SSSR count). The van der Waals surface area contributed by atoms with Gasteiger partial charge in [-0.15, -0.1) is 0 Å². The fraction of sp³-hybridized carbons (Fsp3) is 0. The SMILES string of the molecule is Fc1cc(-c2nc(-c3ccccc3)nc(-c3ccccc3)n2)cc(-c2cccc3c2c2ccccc2n3-c2ccc3c4ccccc4n(-c4ccccc4)c3c2)c1. The van der Waals surface area contributed by atoms with Crippen LogP contribution in [0.4, 0.5) is 4.39 Å². The van der Waals surface area contributed by atoms with Crippen LogP contribution >= 0.6 is 0 Å². The van der Waals surface area contributed by atoms with Crippen molar-refractivity contribution >= 4 is 43.6 Å². The van der Waals surface area contributed by atoms with Gasteiger partial charge in [0.25, 0.3) is 0 Å². The predicted molar refractivity (Wildman–Crippen MR) is 230 cm³/mol. The number of hydrogen-bond donors (Lipinski definition) is 0. The van der Waals surface area contributed by atoms with E-state index >= 15 is 4.39 Å². The average molecular weight is 734 g/mol. The number of hydrogen-bond acceptors (Lipinski definition) is 3. The maximum Gasteiger partial charge on any atom is 0.164 e. The zero-order chi connectivity index (χ0) is 37.9. The van der Waals surface area contributed by atoms with Crippen LogP contribution < -0.4 is 0 Å². The summed E-state index contributed by atoms with van der Waals surface area (Å²) in [6.07, 6.45) is 0. The summed E-state index contributed by atoms with van der Waals surface area (Å²) in [5.74, 6) is 1.09. The first-order valence-corrected chi connectivity index (χ1v) is 19.0. The van der Waals surface area contributed by atoms with Crippen molar-refractivity contribution in [2.45, 2.75) is 0 Å². The Hall–Kier alpha value is -7.70. The lowest BCUT2D eigenvalue weighted by atomic mass is 9.97. The summed E-state index contributed by atoms with van der Waals surface area (Å²) in [5.41, 5.74) is 10.5. The Morgan fingerprint density at radius 2 is 0.842 bits per heavy atom. The van der Waals surface area contributed by atoms with Crippen LogP contribution in [-0.2, 0) is 0 Å². The molecule has 0 aliphatic heterocycles. The molecule has 0 unspecified atom stereocenters. The van der Waals surface area contributed by atoms with Gasteiger partial charge >= 0.3 is 0 Å². The van der Waals surface area contributed by atoms with E-state index in [9.17, 15) is 0 Å². The summed E-state index contributed by atoms with van der Waals surface area (Å²) >= 11 is 0. The summed E-state index contributed by atoms with van der Waals surface area (Å²) in [7, 11) is 0. The van der Waals surface area contributed by atoms with E-state index in [1.165, 1.54) is 16.8 Å². The first-order valence-electron chi connectivity index (χ1n) is 19.0. The summed E-state index contributed by atoms with van der Waals surface area (Å²) in [6.45, 7) is 0. The number of rotatable bonds is 6. The Kier molecular flexibility index (Phi) is 7.60. The van der Waals surface area contributed by atoms with E-state index in [1.54, 1.807) is 6.07 Å². The predicted octanol–water partition coefficient (Wildman–Crippen LogP) is 12.9. The maximum atomic E-state index is 16.0. The fourth-order valence-electron chi connectivity index (χ4n) is 8.30. The highest BCUT2D eigenvalue weighted by atomic mass is 19.1. The molecule has 3 aromatic heterocycles. The highest BCUT2D eigenvalue weighted by Gasteiger charge is 2.20. The van der Waals surface area contributed by atoms with Gasteiger partial charge in [-0.2, -0.15) is 0 Å². The molecule has 0 fully saturated rings. The van der Waals surface area contributed by atoms with Gasteiger partial charge in [-0.3, -0.25) is 0 Å². The molecule has 11 aromatic rings. The molecule has 0 saturated carbocycles. The molecule has 0 radical (unpaired) electrons. The molecule has 0 atom stereocenters. The first kappa shape index (κ1) is 32.7. The van der Waals surface area contributed by atoms with Crippen LogP contribution in [0.25, 0.3) is 100 Å². The van der Waals surface area contributed by atoms with Crippen LogP contribution in [0.15, 0.2) is 194 Å². The van der Waals surface area contributed by atoms with Crippen LogP contribution in [0.3, 0.4) is 0 Å². The third kappa shape index (κ3) is 5.49. The third-order valence-electron chi connectivity index (χ3n) is 10.8. The van der Waals surface area contributed by atoms with E-state index in [1.807, 2.05) is 72.8 Å². The number of fused-ring (bicyclic) bond motifs is 6. The Balaban J connectivity index is 1.11. The monoisotopic (exact) mass is 733 g/mol. The number of aromatic nitrogens is 5. The van der Waals surface area contributed by atoms with Crippen LogP contribution in [0.5, 0.6) is 0 Å². The van der Waals surface area contributed by atoms with Crippen molar-refractivity contribution in [3.05, 3.63) is 200 Å². The molecule has 0 aliphatic rings. The van der Waals surface area contributed by atoms with Gasteiger partial charge in [0.15, 0.2) is 17.5 Å². The number of para-hydroxylation sites is 3. The minimum Gasteiger partial charge on any atom is -0.309 e. The molecule has 0 N–H and O–H groups in total. The van der Waals surface area contributed by atoms with Crippen LogP contribution in [0.1, 0.15) is 0 Å². The summed E-state index contributed by atoms with van der Waals surface area (Å²) in [5, 5.41) is 4.52. The second-order valence-electron chi connectivity index (χ2n) is 14.2. The fourth-order valence-corrected chi connectivity index (χ4v) is 8.30. The van der Waals surface area contributed by atoms with Crippen LogP contribution in [-0.4, -0.2) is 24.1 Å². The van der Waals surface area contributed by atoms with E-state index in [0.29, 0.717) is 23.0 Å². The van der Waals surface area contributed by atoms with Gasteiger partial charge in [0, 0.05) is 49.6 Å². The Morgan fingerprint density at radius 1 is 0.333 bits per heavy atom. The third-order valence-corrected chi connectivity index (χ3v) is 10.8. The van der Waals surface area contributed by atoms with Crippen molar-refractivity contribution < 1.29 is 4.39 Å². The minimum atomic E-state index is -0.370. The summed E-state index contributed by atoms with van der Waals surface area (Å²) in [6, 6.07) is 65.3. The Morgan fingerprint density at radius 3 is 1.53 bits per heavy atom. The molecule has 0 saturated heterocycles. The highest BCUT2D eigenvalue weighted by molar-refractivity contribution is 6.16. The van der Waals surface area contributed by atoms with Gasteiger partial charge < -0.3 is 9.13 Å². The Bertz CT molecular complexity index is 3240. The number of benzene rings is 8. The Labute approximate surface area is 327 Å². The van der Waals surface area contributed by atoms with Crippen LogP contribution in [0.2, 0.25) is 0 Å². The van der Waals surface area contributed by atoms with E-state index in [4.69, 9.17) is 15.0 Å². The van der Waals surface area contributed by atoms with Crippen molar-refractivity contribution in [1.82, 2.24) is 24.1 Å². The van der Waals surface area contributed by atoms with Crippen molar-refractivity contribution in [3.8, 4) is 56.7 Å². The molecule has 268 valence electrons. The lowest BCUT2D eigenvalue weighted by molar-refractivity contribution is 0.628. The molecule has 0 amide bonds. The number of nitrogens with zero attached hydrogens (tertiary/aromatic N) is 5. The zero-order valence-electron chi connectivity index (χ0n) is 30.6. The largest absolute Gasteiger partial charge is 0.309 e. The standard InChI is InChI=1S/C51H32FN5/c52-37-30-35(29-36(31-37)51-54-49(33-15-4-1-5-16-33)53-50(55-51)34-17-6-2-7-18-34)40-23-14-26-46-48(40)43-22-11-13-25-45(43)57(46)39-27-28-42-41-21-10-12-24-44(41)56(47(42)32-39)38-19-8-3-9-20-38/h1-32H. The van der Waals surface area contributed by atoms with E-state index < -0.39 is 0 Å². The van der Waals surface area contributed by atoms with Crippen molar-refractivity contribution in [1.29, 1.82) is 0 Å². The molecule has 0 bridgehead atoms. The first-order chi connectivity index (χ1) is 28.2. The molecule has 5 nitrogen and oxygen atoms in total. The van der Waals surface area contributed by atoms with Crippen molar-refractivity contribution in [2.24, 2.45) is 0 Å². The second kappa shape index (κ2) is 13.3. The molecule has 8 aromatic carbocycles. The number of halogens is 1. The maximum absolute atomic E-state index is 16.0. The summed E-state index contributed by atoms with van der Waals surface area (Å²) in [4.78, 5) is 14.7. The lowest BCUT2D eigenvalue weighted by Gasteiger charge is -2.12. The smallest absolute Gasteiger partial charge is 0.164 e. The van der Waals surface area contributed by atoms with Gasteiger partial charge in [-0.1, -0.05) is 133 Å². The molecular formula is C51H32FN5. The van der Waals surface area contributed by atoms with Gasteiger partial charge in [0.2, 0.25) is 0 Å². The molecule has 6 heteroatoms. The van der Waals surface area contributed by atoms with Gasteiger partial charge in [0.05, 0.1) is 22.1 Å². The van der Waals surface area contributed by atoms with E-state index in [-0.39, 0.29) is 5.82 Å². The van der Waals surface area contributed by atoms with Crippen molar-refractivity contribution in [2.75, 3.05) is 0 Å². The molecule has 57 heavy (non-hydrogen) atoms. The van der Waals surface area contributed by atoms with E-state index in [2.05, 4.69) is 118 Å². The highest BCUT2D eigenvalue weighted by Crippen LogP contribution is 2.41. The zero-order valence-corrected chi connectivity index (χ0v) is 30.6. The minimum absolute atomic E-state index is 0.370. The normalized spacial score (nSPS) is 11.6. The molecule has 0 spiro atoms. The summed E-state index contributed by atoms with van der Waals surface area (Å²) < 4.78 is 20.6. The lowest BCUT2D eigenvalue weighted by Crippen LogP contribution is -2.00. The van der Waals surface area contributed by atoms with E-state index in [0.717, 1.165) is 66.5 Å².